The first-order valence-electron chi connectivity index (χ1n) is 9.65. The van der Waals surface area contributed by atoms with Crippen LogP contribution in [-0.2, 0) is 11.3 Å². The molecule has 0 atom stereocenters. The van der Waals surface area contributed by atoms with Crippen molar-refractivity contribution in [2.24, 2.45) is 0 Å². The van der Waals surface area contributed by atoms with Crippen LogP contribution < -0.4 is 10.1 Å². The Morgan fingerprint density at radius 1 is 1.24 bits per heavy atom. The van der Waals surface area contributed by atoms with E-state index in [0.29, 0.717) is 29.7 Å². The van der Waals surface area contributed by atoms with Gasteiger partial charge in [0.05, 0.1) is 6.54 Å². The highest BCUT2D eigenvalue weighted by atomic mass is 32.1. The van der Waals surface area contributed by atoms with E-state index >= 15 is 0 Å². The van der Waals surface area contributed by atoms with Crippen LogP contribution in [0.5, 0.6) is 5.75 Å². The summed E-state index contributed by atoms with van der Waals surface area (Å²) < 4.78 is 7.81. The average molecular weight is 411 g/mol. The maximum atomic E-state index is 12.4. The third-order valence-electron chi connectivity index (χ3n) is 4.58. The standard InChI is InChI=1S/C22H26N4O2S/c1-15(2)17-7-9-19(10-8-17)28-12-11-23-20(27)14-26-21(24-25-22(26)29)18-6-4-5-16(3)13-18/h4-10,13,15H,11-12,14H2,1-3H3,(H,23,27)(H,25,29). The summed E-state index contributed by atoms with van der Waals surface area (Å²) >= 11 is 5.29. The molecule has 152 valence electrons. The van der Waals surface area contributed by atoms with Gasteiger partial charge in [-0.3, -0.25) is 14.5 Å². The minimum absolute atomic E-state index is 0.0989. The van der Waals surface area contributed by atoms with Crippen molar-refractivity contribution in [1.29, 1.82) is 0 Å². The monoisotopic (exact) mass is 410 g/mol. The molecule has 1 heterocycles. The Morgan fingerprint density at radius 2 is 2.00 bits per heavy atom. The number of hydrogen-bond donors (Lipinski definition) is 2. The predicted octanol–water partition coefficient (Wildman–Crippen LogP) is 4.23. The number of H-pyrrole nitrogens is 1. The van der Waals surface area contributed by atoms with Crippen molar-refractivity contribution >= 4 is 18.1 Å². The number of aryl methyl sites for hydroxylation is 1. The summed E-state index contributed by atoms with van der Waals surface area (Å²) in [6.45, 7) is 7.23. The Morgan fingerprint density at radius 3 is 2.69 bits per heavy atom. The summed E-state index contributed by atoms with van der Waals surface area (Å²) in [7, 11) is 0. The van der Waals surface area contributed by atoms with E-state index in [0.717, 1.165) is 16.9 Å². The lowest BCUT2D eigenvalue weighted by Gasteiger charge is -2.11. The molecule has 3 rings (SSSR count). The Hall–Kier alpha value is -2.93. The van der Waals surface area contributed by atoms with E-state index < -0.39 is 0 Å². The maximum Gasteiger partial charge on any atom is 0.240 e. The third kappa shape index (κ3) is 5.54. The van der Waals surface area contributed by atoms with Gasteiger partial charge in [-0.25, -0.2) is 0 Å². The minimum Gasteiger partial charge on any atom is -0.492 e. The van der Waals surface area contributed by atoms with Gasteiger partial charge in [0, 0.05) is 5.56 Å². The number of ether oxygens (including phenoxy) is 1. The third-order valence-corrected chi connectivity index (χ3v) is 4.89. The van der Waals surface area contributed by atoms with Gasteiger partial charge < -0.3 is 10.1 Å². The second kappa shape index (κ2) is 9.52. The molecular weight excluding hydrogens is 384 g/mol. The molecule has 0 aliphatic heterocycles. The zero-order valence-corrected chi connectivity index (χ0v) is 17.8. The Labute approximate surface area is 175 Å². The van der Waals surface area contributed by atoms with E-state index in [9.17, 15) is 4.79 Å². The average Bonchev–Trinajstić information content (AvgIpc) is 3.06. The van der Waals surface area contributed by atoms with Gasteiger partial charge in [0.1, 0.15) is 18.9 Å². The number of hydrogen-bond acceptors (Lipinski definition) is 4. The van der Waals surface area contributed by atoms with E-state index in [1.807, 2.05) is 43.3 Å². The van der Waals surface area contributed by atoms with Crippen LogP contribution in [0.15, 0.2) is 48.5 Å². The molecule has 0 saturated carbocycles. The van der Waals surface area contributed by atoms with Crippen molar-refractivity contribution in [2.75, 3.05) is 13.2 Å². The van der Waals surface area contributed by atoms with Gasteiger partial charge >= 0.3 is 0 Å². The summed E-state index contributed by atoms with van der Waals surface area (Å²) in [5.74, 6) is 1.79. The van der Waals surface area contributed by atoms with Crippen LogP contribution in [0.25, 0.3) is 11.4 Å². The first kappa shape index (κ1) is 20.8. The largest absolute Gasteiger partial charge is 0.492 e. The van der Waals surface area contributed by atoms with Crippen molar-refractivity contribution in [3.8, 4) is 17.1 Å². The molecule has 0 fully saturated rings. The molecule has 0 saturated heterocycles. The van der Waals surface area contributed by atoms with Crippen LogP contribution in [0.1, 0.15) is 30.9 Å². The predicted molar refractivity (Wildman–Crippen MR) is 117 cm³/mol. The summed E-state index contributed by atoms with van der Waals surface area (Å²) in [6, 6.07) is 16.0. The number of nitrogens with one attached hydrogen (secondary N) is 2. The summed E-state index contributed by atoms with van der Waals surface area (Å²) in [6.07, 6.45) is 0. The molecule has 0 radical (unpaired) electrons. The molecule has 1 amide bonds. The SMILES string of the molecule is Cc1cccc(-c2n[nH]c(=S)n2CC(=O)NCCOc2ccc(C(C)C)cc2)c1. The van der Waals surface area contributed by atoms with Crippen LogP contribution in [-0.4, -0.2) is 33.8 Å². The van der Waals surface area contributed by atoms with Gasteiger partial charge in [0.15, 0.2) is 10.6 Å². The van der Waals surface area contributed by atoms with E-state index in [1.165, 1.54) is 5.56 Å². The van der Waals surface area contributed by atoms with Crippen molar-refractivity contribution in [3.05, 3.63) is 64.4 Å². The number of amides is 1. The van der Waals surface area contributed by atoms with E-state index in [-0.39, 0.29) is 12.5 Å². The zero-order chi connectivity index (χ0) is 20.8. The molecule has 0 spiro atoms. The maximum absolute atomic E-state index is 12.4. The van der Waals surface area contributed by atoms with Crippen molar-refractivity contribution in [1.82, 2.24) is 20.1 Å². The van der Waals surface area contributed by atoms with Gasteiger partial charge in [0.2, 0.25) is 5.91 Å². The number of aromatic amines is 1. The van der Waals surface area contributed by atoms with Crippen molar-refractivity contribution < 1.29 is 9.53 Å². The van der Waals surface area contributed by atoms with Gasteiger partial charge in [0.25, 0.3) is 0 Å². The molecule has 0 unspecified atom stereocenters. The van der Waals surface area contributed by atoms with E-state index in [2.05, 4.69) is 41.5 Å². The van der Waals surface area contributed by atoms with E-state index in [1.54, 1.807) is 4.57 Å². The fourth-order valence-corrected chi connectivity index (χ4v) is 3.17. The molecule has 6 nitrogen and oxygen atoms in total. The van der Waals surface area contributed by atoms with Crippen LogP contribution >= 0.6 is 12.2 Å². The number of rotatable bonds is 8. The lowest BCUT2D eigenvalue weighted by Crippen LogP contribution is -2.31. The zero-order valence-electron chi connectivity index (χ0n) is 16.9. The first-order chi connectivity index (χ1) is 13.9. The molecule has 0 aliphatic carbocycles. The molecular formula is C22H26N4O2S. The molecule has 2 N–H and O–H groups in total. The van der Waals surface area contributed by atoms with Crippen LogP contribution in [0.2, 0.25) is 0 Å². The Kier molecular flexibility index (Phi) is 6.82. The normalized spacial score (nSPS) is 10.9. The van der Waals surface area contributed by atoms with Gasteiger partial charge in [-0.2, -0.15) is 5.10 Å². The lowest BCUT2D eigenvalue weighted by atomic mass is 10.0. The quantitative estimate of drug-likeness (QED) is 0.430. The van der Waals surface area contributed by atoms with Crippen molar-refractivity contribution in [2.45, 2.75) is 33.2 Å². The summed E-state index contributed by atoms with van der Waals surface area (Å²) in [5, 5.41) is 9.91. The second-order valence-corrected chi connectivity index (χ2v) is 7.62. The van der Waals surface area contributed by atoms with Gasteiger partial charge in [-0.1, -0.05) is 49.7 Å². The summed E-state index contributed by atoms with van der Waals surface area (Å²) in [5.41, 5.74) is 3.30. The number of aromatic nitrogens is 3. The molecule has 0 aliphatic rings. The topological polar surface area (TPSA) is 71.9 Å². The smallest absolute Gasteiger partial charge is 0.240 e. The fraction of sp³-hybridized carbons (Fsp3) is 0.318. The molecule has 2 aromatic carbocycles. The molecule has 3 aromatic rings. The second-order valence-electron chi connectivity index (χ2n) is 7.23. The van der Waals surface area contributed by atoms with Crippen LogP contribution in [0.3, 0.4) is 0 Å². The number of carbonyl (C=O) groups excluding carboxylic acids is 1. The minimum atomic E-state index is -0.143. The van der Waals surface area contributed by atoms with Gasteiger partial charge in [-0.15, -0.1) is 0 Å². The lowest BCUT2D eigenvalue weighted by molar-refractivity contribution is -0.121. The van der Waals surface area contributed by atoms with Crippen molar-refractivity contribution in [3.63, 3.8) is 0 Å². The van der Waals surface area contributed by atoms with Gasteiger partial charge in [-0.05, 0) is 48.8 Å². The van der Waals surface area contributed by atoms with Crippen LogP contribution in [0, 0.1) is 11.7 Å². The van der Waals surface area contributed by atoms with Crippen LogP contribution in [0.4, 0.5) is 0 Å². The summed E-state index contributed by atoms with van der Waals surface area (Å²) in [4.78, 5) is 12.4. The fourth-order valence-electron chi connectivity index (χ4n) is 2.98. The highest BCUT2D eigenvalue weighted by Crippen LogP contribution is 2.19. The molecule has 1 aromatic heterocycles. The number of nitrogens with zero attached hydrogens (tertiary/aromatic N) is 2. The Bertz CT molecular complexity index is 1020. The molecule has 29 heavy (non-hydrogen) atoms. The Balaban J connectivity index is 1.52. The highest BCUT2D eigenvalue weighted by molar-refractivity contribution is 7.71. The molecule has 7 heteroatoms. The van der Waals surface area contributed by atoms with E-state index in [4.69, 9.17) is 17.0 Å². The number of carbonyl (C=O) groups is 1. The molecule has 0 bridgehead atoms. The number of benzene rings is 2. The first-order valence-corrected chi connectivity index (χ1v) is 10.1. The highest BCUT2D eigenvalue weighted by Gasteiger charge is 2.12.